The predicted molar refractivity (Wildman–Crippen MR) is 96.1 cm³/mol. The van der Waals surface area contributed by atoms with Crippen LogP contribution in [0.15, 0.2) is 36.4 Å². The van der Waals surface area contributed by atoms with Crippen molar-refractivity contribution >= 4 is 17.7 Å². The maximum Gasteiger partial charge on any atom is 0.233 e. The molecule has 6 heteroatoms. The van der Waals surface area contributed by atoms with E-state index in [0.717, 1.165) is 11.3 Å². The molecule has 2 aliphatic rings. The van der Waals surface area contributed by atoms with Crippen LogP contribution in [0.3, 0.4) is 0 Å². The molecule has 1 N–H and O–H groups in total. The average molecular weight is 356 g/mol. The van der Waals surface area contributed by atoms with E-state index >= 15 is 0 Å². The minimum Gasteiger partial charge on any atom is -0.496 e. The van der Waals surface area contributed by atoms with Gasteiger partial charge in [-0.3, -0.25) is 19.3 Å². The molecule has 3 rings (SSSR count). The summed E-state index contributed by atoms with van der Waals surface area (Å²) in [4.78, 5) is 38.1. The van der Waals surface area contributed by atoms with Crippen molar-refractivity contribution in [2.24, 2.45) is 11.8 Å². The van der Waals surface area contributed by atoms with Crippen molar-refractivity contribution < 1.29 is 19.1 Å². The van der Waals surface area contributed by atoms with Crippen LogP contribution in [0, 0.1) is 11.8 Å². The molecule has 0 unspecified atom stereocenters. The molecule has 0 radical (unpaired) electrons. The fourth-order valence-electron chi connectivity index (χ4n) is 3.62. The number of allylic oxidation sites excluding steroid dienone is 2. The zero-order valence-electron chi connectivity index (χ0n) is 14.9. The van der Waals surface area contributed by atoms with Crippen LogP contribution < -0.4 is 10.1 Å². The van der Waals surface area contributed by atoms with Gasteiger partial charge >= 0.3 is 0 Å². The van der Waals surface area contributed by atoms with E-state index in [0.29, 0.717) is 32.4 Å². The fraction of sp³-hybridized carbons (Fsp3) is 0.450. The van der Waals surface area contributed by atoms with Crippen LogP contribution in [0.4, 0.5) is 0 Å². The number of ether oxygens (including phenoxy) is 1. The first-order valence-corrected chi connectivity index (χ1v) is 9.00. The number of carbonyl (C=O) groups excluding carboxylic acids is 3. The Bertz CT molecular complexity index is 702. The average Bonchev–Trinajstić information content (AvgIpc) is 2.91. The van der Waals surface area contributed by atoms with E-state index in [1.165, 1.54) is 4.90 Å². The molecule has 0 aromatic heterocycles. The third kappa shape index (κ3) is 3.79. The standard InChI is InChI=1S/C20H24N2O4/c1-26-17-10-5-2-7-14(17)13-21-18(23)11-6-12-22-19(24)15-8-3-4-9-16(15)20(22)25/h2-5,7,10,15-16H,6,8-9,11-13H2,1H3,(H,21,23)/t15-,16+. The summed E-state index contributed by atoms with van der Waals surface area (Å²) in [5.41, 5.74) is 0.907. The highest BCUT2D eigenvalue weighted by Crippen LogP contribution is 2.35. The minimum absolute atomic E-state index is 0.0845. The van der Waals surface area contributed by atoms with E-state index in [9.17, 15) is 14.4 Å². The number of nitrogens with zero attached hydrogens (tertiary/aromatic N) is 1. The number of methoxy groups -OCH3 is 1. The smallest absolute Gasteiger partial charge is 0.233 e. The Morgan fingerprint density at radius 3 is 2.46 bits per heavy atom. The summed E-state index contributed by atoms with van der Waals surface area (Å²) >= 11 is 0. The first-order valence-electron chi connectivity index (χ1n) is 9.00. The molecule has 1 fully saturated rings. The Morgan fingerprint density at radius 2 is 1.81 bits per heavy atom. The molecule has 138 valence electrons. The van der Waals surface area contributed by atoms with Gasteiger partial charge in [0.15, 0.2) is 0 Å². The maximum absolute atomic E-state index is 12.4. The van der Waals surface area contributed by atoms with Gasteiger partial charge in [-0.1, -0.05) is 30.4 Å². The van der Waals surface area contributed by atoms with Crippen molar-refractivity contribution in [1.82, 2.24) is 10.2 Å². The highest BCUT2D eigenvalue weighted by molar-refractivity contribution is 6.05. The molecule has 6 nitrogen and oxygen atoms in total. The summed E-state index contributed by atoms with van der Waals surface area (Å²) in [6.07, 6.45) is 5.99. The third-order valence-corrected chi connectivity index (χ3v) is 5.05. The number of hydrogen-bond acceptors (Lipinski definition) is 4. The highest BCUT2D eigenvalue weighted by Gasteiger charge is 2.46. The molecular formula is C20H24N2O4. The van der Waals surface area contributed by atoms with Crippen LogP contribution in [0.25, 0.3) is 0 Å². The van der Waals surface area contributed by atoms with Gasteiger partial charge in [0.25, 0.3) is 0 Å². The largest absolute Gasteiger partial charge is 0.496 e. The quantitative estimate of drug-likeness (QED) is 0.599. The molecule has 1 saturated heterocycles. The molecular weight excluding hydrogens is 332 g/mol. The molecule has 0 bridgehead atoms. The highest BCUT2D eigenvalue weighted by atomic mass is 16.5. The Balaban J connectivity index is 1.44. The van der Waals surface area contributed by atoms with Crippen molar-refractivity contribution in [3.05, 3.63) is 42.0 Å². The first-order chi connectivity index (χ1) is 12.6. The Kier molecular flexibility index (Phi) is 5.71. The van der Waals surface area contributed by atoms with Crippen LogP contribution in [-0.4, -0.2) is 36.3 Å². The number of benzene rings is 1. The second-order valence-electron chi connectivity index (χ2n) is 6.68. The van der Waals surface area contributed by atoms with Crippen LogP contribution >= 0.6 is 0 Å². The van der Waals surface area contributed by atoms with Gasteiger partial charge in [-0.25, -0.2) is 0 Å². The van der Waals surface area contributed by atoms with E-state index in [4.69, 9.17) is 4.74 Å². The third-order valence-electron chi connectivity index (χ3n) is 5.05. The summed E-state index contributed by atoms with van der Waals surface area (Å²) in [5, 5.41) is 2.85. The van der Waals surface area contributed by atoms with Crippen molar-refractivity contribution in [2.45, 2.75) is 32.2 Å². The molecule has 3 amide bonds. The Labute approximate surface area is 153 Å². The molecule has 1 aliphatic heterocycles. The van der Waals surface area contributed by atoms with E-state index in [1.807, 2.05) is 36.4 Å². The normalized spacial score (nSPS) is 21.7. The molecule has 1 heterocycles. The molecule has 26 heavy (non-hydrogen) atoms. The maximum atomic E-state index is 12.4. The number of para-hydroxylation sites is 1. The van der Waals surface area contributed by atoms with Crippen LogP contribution in [-0.2, 0) is 20.9 Å². The predicted octanol–water partition coefficient (Wildman–Crippen LogP) is 2.04. The molecule has 0 saturated carbocycles. The summed E-state index contributed by atoms with van der Waals surface area (Å²) in [5.74, 6) is 0.0580. The van der Waals surface area contributed by atoms with E-state index in [1.54, 1.807) is 7.11 Å². The summed E-state index contributed by atoms with van der Waals surface area (Å²) in [7, 11) is 1.60. The van der Waals surface area contributed by atoms with E-state index in [2.05, 4.69) is 5.32 Å². The van der Waals surface area contributed by atoms with Crippen molar-refractivity contribution in [3.63, 3.8) is 0 Å². The van der Waals surface area contributed by atoms with E-state index in [-0.39, 0.29) is 36.0 Å². The lowest BCUT2D eigenvalue weighted by Gasteiger charge is -2.14. The SMILES string of the molecule is COc1ccccc1CNC(=O)CCCN1C(=O)[C@H]2CC=CC[C@H]2C1=O. The molecule has 0 spiro atoms. The topological polar surface area (TPSA) is 75.7 Å². The first kappa shape index (κ1) is 18.2. The number of hydrogen-bond donors (Lipinski definition) is 1. The van der Waals surface area contributed by atoms with Gasteiger partial charge < -0.3 is 10.1 Å². The van der Waals surface area contributed by atoms with Crippen LogP contribution in [0.5, 0.6) is 5.75 Å². The number of fused-ring (bicyclic) bond motifs is 1. The van der Waals surface area contributed by atoms with Gasteiger partial charge in [-0.2, -0.15) is 0 Å². The molecule has 2 atom stereocenters. The number of nitrogens with one attached hydrogen (secondary N) is 1. The van der Waals surface area contributed by atoms with Gasteiger partial charge in [0.2, 0.25) is 17.7 Å². The number of amides is 3. The molecule has 1 aliphatic carbocycles. The minimum atomic E-state index is -0.202. The van der Waals surface area contributed by atoms with Gasteiger partial charge in [0, 0.05) is 25.1 Å². The number of imide groups is 1. The lowest BCUT2D eigenvalue weighted by molar-refractivity contribution is -0.140. The lowest BCUT2D eigenvalue weighted by Crippen LogP contribution is -2.33. The summed E-state index contributed by atoms with van der Waals surface area (Å²) in [6.45, 7) is 0.701. The monoisotopic (exact) mass is 356 g/mol. The van der Waals surface area contributed by atoms with E-state index < -0.39 is 0 Å². The zero-order valence-corrected chi connectivity index (χ0v) is 14.9. The van der Waals surface area contributed by atoms with Crippen molar-refractivity contribution in [2.75, 3.05) is 13.7 Å². The number of rotatable bonds is 7. The lowest BCUT2D eigenvalue weighted by atomic mass is 9.85. The summed E-state index contributed by atoms with van der Waals surface area (Å²) < 4.78 is 5.26. The van der Waals surface area contributed by atoms with Gasteiger partial charge in [0.1, 0.15) is 5.75 Å². The number of carbonyl (C=O) groups is 3. The van der Waals surface area contributed by atoms with Crippen LogP contribution in [0.1, 0.15) is 31.2 Å². The Morgan fingerprint density at radius 1 is 1.15 bits per heavy atom. The van der Waals surface area contributed by atoms with Gasteiger partial charge in [-0.05, 0) is 25.3 Å². The number of likely N-dealkylation sites (tertiary alicyclic amines) is 1. The van der Waals surface area contributed by atoms with Crippen LogP contribution in [0.2, 0.25) is 0 Å². The molecule has 1 aromatic carbocycles. The van der Waals surface area contributed by atoms with Crippen molar-refractivity contribution in [1.29, 1.82) is 0 Å². The van der Waals surface area contributed by atoms with Gasteiger partial charge in [0.05, 0.1) is 18.9 Å². The second-order valence-corrected chi connectivity index (χ2v) is 6.68. The van der Waals surface area contributed by atoms with Gasteiger partial charge in [-0.15, -0.1) is 0 Å². The molecule has 1 aromatic rings. The fourth-order valence-corrected chi connectivity index (χ4v) is 3.62. The van der Waals surface area contributed by atoms with Crippen molar-refractivity contribution in [3.8, 4) is 5.75 Å². The summed E-state index contributed by atoms with van der Waals surface area (Å²) in [6, 6.07) is 7.51. The zero-order chi connectivity index (χ0) is 18.5. The second kappa shape index (κ2) is 8.17. The Hall–Kier alpha value is -2.63.